The summed E-state index contributed by atoms with van der Waals surface area (Å²) < 4.78 is 5.82. The number of rotatable bonds is 1. The van der Waals surface area contributed by atoms with Gasteiger partial charge in [0.25, 0.3) is 5.56 Å². The lowest BCUT2D eigenvalue weighted by molar-refractivity contribution is 0.0891. The molecule has 2 rings (SSSR count). The van der Waals surface area contributed by atoms with Crippen molar-refractivity contribution in [1.29, 1.82) is 0 Å². The number of benzene rings is 1. The highest BCUT2D eigenvalue weighted by molar-refractivity contribution is 5.87. The summed E-state index contributed by atoms with van der Waals surface area (Å²) in [5.74, 6) is -1.47. The molecule has 5 nitrogen and oxygen atoms in total. The van der Waals surface area contributed by atoms with E-state index in [1.54, 1.807) is 20.8 Å². The van der Waals surface area contributed by atoms with E-state index in [1.165, 1.54) is 0 Å². The molecule has 0 aliphatic carbocycles. The lowest BCUT2D eigenvalue weighted by Crippen LogP contribution is -2.37. The topological polar surface area (TPSA) is 69.3 Å². The Hall–Kier alpha value is -2.17. The van der Waals surface area contributed by atoms with Crippen LogP contribution in [0.2, 0.25) is 0 Å². The fourth-order valence-corrected chi connectivity index (χ4v) is 2.36. The zero-order valence-electron chi connectivity index (χ0n) is 12.3. The molecular formula is C15H17NO4. The summed E-state index contributed by atoms with van der Waals surface area (Å²) in [6, 6.07) is 0. The van der Waals surface area contributed by atoms with E-state index in [2.05, 4.69) is 0 Å². The number of nitrogens with zero attached hydrogens (tertiary/aromatic N) is 1. The van der Waals surface area contributed by atoms with E-state index in [0.717, 1.165) is 22.3 Å². The van der Waals surface area contributed by atoms with Gasteiger partial charge in [-0.3, -0.25) is 9.59 Å². The molecule has 0 amide bonds. The predicted molar refractivity (Wildman–Crippen MR) is 76.6 cm³/mol. The quantitative estimate of drug-likeness (QED) is 0.800. The van der Waals surface area contributed by atoms with Crippen LogP contribution in [0.25, 0.3) is 11.0 Å². The minimum atomic E-state index is -0.917. The fourth-order valence-electron chi connectivity index (χ4n) is 2.36. The zero-order valence-corrected chi connectivity index (χ0v) is 12.3. The molecule has 0 bridgehead atoms. The van der Waals surface area contributed by atoms with E-state index in [0.29, 0.717) is 9.95 Å². The van der Waals surface area contributed by atoms with Gasteiger partial charge in [-0.05, 0) is 49.9 Å². The van der Waals surface area contributed by atoms with Crippen LogP contribution in [0.5, 0.6) is 0 Å². The molecule has 0 saturated heterocycles. The van der Waals surface area contributed by atoms with E-state index in [1.807, 2.05) is 13.8 Å². The first-order valence-electron chi connectivity index (χ1n) is 6.50. The highest BCUT2D eigenvalue weighted by Gasteiger charge is 2.20. The second kappa shape index (κ2) is 4.74. The Kier molecular flexibility index (Phi) is 3.38. The van der Waals surface area contributed by atoms with Gasteiger partial charge in [-0.1, -0.05) is 6.92 Å². The maximum Gasteiger partial charge on any atom is 0.429 e. The third-order valence-corrected chi connectivity index (χ3v) is 3.97. The number of fused-ring (bicyclic) bond motifs is 1. The van der Waals surface area contributed by atoms with Gasteiger partial charge in [0.15, 0.2) is 0 Å². The molecule has 0 radical (unpaired) electrons. The van der Waals surface area contributed by atoms with Crippen LogP contribution in [0.3, 0.4) is 0 Å². The van der Waals surface area contributed by atoms with Crippen molar-refractivity contribution in [1.82, 2.24) is 4.57 Å². The van der Waals surface area contributed by atoms with Crippen molar-refractivity contribution < 1.29 is 9.21 Å². The Bertz CT molecular complexity index is 840. The normalized spacial score (nSPS) is 11.1. The maximum atomic E-state index is 12.5. The summed E-state index contributed by atoms with van der Waals surface area (Å²) in [6.07, 6.45) is 0.0685. The molecule has 106 valence electrons. The summed E-state index contributed by atoms with van der Waals surface area (Å²) in [7, 11) is 0. The minimum absolute atomic E-state index is 0.0685. The lowest BCUT2D eigenvalue weighted by atomic mass is 9.96. The molecular weight excluding hydrogens is 258 g/mol. The third kappa shape index (κ3) is 1.81. The molecule has 0 atom stereocenters. The van der Waals surface area contributed by atoms with Crippen LogP contribution in [0, 0.1) is 27.7 Å². The Labute approximate surface area is 115 Å². The number of aryl methyl sites for hydroxylation is 2. The highest BCUT2D eigenvalue weighted by Crippen LogP contribution is 2.25. The zero-order chi connectivity index (χ0) is 15.2. The van der Waals surface area contributed by atoms with E-state index in [9.17, 15) is 14.4 Å². The van der Waals surface area contributed by atoms with Gasteiger partial charge in [0.05, 0.1) is 5.39 Å². The molecule has 0 spiro atoms. The van der Waals surface area contributed by atoms with Crippen molar-refractivity contribution in [3.8, 4) is 0 Å². The molecule has 0 saturated carbocycles. The van der Waals surface area contributed by atoms with Crippen molar-refractivity contribution in [2.75, 3.05) is 0 Å². The van der Waals surface area contributed by atoms with Crippen molar-refractivity contribution in [3.63, 3.8) is 0 Å². The molecule has 2 aromatic rings. The number of hydrogen-bond acceptors (Lipinski definition) is 4. The van der Waals surface area contributed by atoms with Gasteiger partial charge in [-0.15, -0.1) is 0 Å². The number of aromatic nitrogens is 1. The van der Waals surface area contributed by atoms with Crippen LogP contribution in [-0.2, 0) is 0 Å². The minimum Gasteiger partial charge on any atom is -0.408 e. The van der Waals surface area contributed by atoms with E-state index < -0.39 is 17.2 Å². The van der Waals surface area contributed by atoms with Crippen molar-refractivity contribution in [2.45, 2.75) is 41.0 Å². The monoisotopic (exact) mass is 275 g/mol. The Morgan fingerprint density at radius 1 is 1.00 bits per heavy atom. The van der Waals surface area contributed by atoms with Gasteiger partial charge < -0.3 is 4.42 Å². The first-order chi connectivity index (χ1) is 9.31. The van der Waals surface area contributed by atoms with Gasteiger partial charge in [0.1, 0.15) is 5.58 Å². The maximum absolute atomic E-state index is 12.5. The molecule has 20 heavy (non-hydrogen) atoms. The van der Waals surface area contributed by atoms with E-state index >= 15 is 0 Å². The predicted octanol–water partition coefficient (Wildman–Crippen LogP) is 2.24. The SMILES string of the molecule is CCC(=O)n1c(=O)oc2c(C)c(C)c(C)c(C)c2c1=O. The molecule has 5 heteroatoms. The van der Waals surface area contributed by atoms with Crippen LogP contribution in [0.15, 0.2) is 14.0 Å². The Balaban J connectivity index is 3.12. The Morgan fingerprint density at radius 3 is 2.10 bits per heavy atom. The van der Waals surface area contributed by atoms with E-state index in [-0.39, 0.29) is 12.0 Å². The molecule has 0 unspecified atom stereocenters. The lowest BCUT2D eigenvalue weighted by Gasteiger charge is -2.12. The second-order valence-electron chi connectivity index (χ2n) is 4.96. The number of hydrogen-bond donors (Lipinski definition) is 0. The summed E-state index contributed by atoms with van der Waals surface area (Å²) in [6.45, 7) is 9.02. The van der Waals surface area contributed by atoms with Crippen molar-refractivity contribution in [3.05, 3.63) is 43.2 Å². The van der Waals surface area contributed by atoms with Crippen LogP contribution >= 0.6 is 0 Å². The molecule has 0 N–H and O–H groups in total. The fraction of sp³-hybridized carbons (Fsp3) is 0.400. The summed E-state index contributed by atoms with van der Waals surface area (Å²) in [4.78, 5) is 36.1. The summed E-state index contributed by atoms with van der Waals surface area (Å²) >= 11 is 0. The smallest absolute Gasteiger partial charge is 0.408 e. The summed E-state index contributed by atoms with van der Waals surface area (Å²) in [5, 5.41) is 0.312. The van der Waals surface area contributed by atoms with Crippen LogP contribution in [0.1, 0.15) is 40.4 Å². The van der Waals surface area contributed by atoms with Crippen molar-refractivity contribution in [2.24, 2.45) is 0 Å². The van der Waals surface area contributed by atoms with Crippen molar-refractivity contribution >= 4 is 16.9 Å². The first-order valence-corrected chi connectivity index (χ1v) is 6.50. The molecule has 1 heterocycles. The van der Waals surface area contributed by atoms with Gasteiger partial charge in [0.2, 0.25) is 5.91 Å². The van der Waals surface area contributed by atoms with E-state index in [4.69, 9.17) is 4.42 Å². The molecule has 0 aliphatic heterocycles. The summed E-state index contributed by atoms with van der Waals surface area (Å²) in [5.41, 5.74) is 3.14. The van der Waals surface area contributed by atoms with Gasteiger partial charge in [0, 0.05) is 6.42 Å². The van der Waals surface area contributed by atoms with Crippen LogP contribution < -0.4 is 11.3 Å². The third-order valence-electron chi connectivity index (χ3n) is 3.97. The highest BCUT2D eigenvalue weighted by atomic mass is 16.4. The van der Waals surface area contributed by atoms with Crippen LogP contribution in [0.4, 0.5) is 0 Å². The first kappa shape index (κ1) is 14.2. The largest absolute Gasteiger partial charge is 0.429 e. The molecule has 1 aromatic heterocycles. The van der Waals surface area contributed by atoms with Crippen LogP contribution in [-0.4, -0.2) is 10.5 Å². The number of carbonyl (C=O) groups is 1. The average molecular weight is 275 g/mol. The second-order valence-corrected chi connectivity index (χ2v) is 4.96. The average Bonchev–Trinajstić information content (AvgIpc) is 2.41. The van der Waals surface area contributed by atoms with Gasteiger partial charge >= 0.3 is 5.76 Å². The van der Waals surface area contributed by atoms with Gasteiger partial charge in [-0.2, -0.15) is 4.57 Å². The molecule has 1 aromatic carbocycles. The molecule has 0 fully saturated rings. The molecule has 0 aliphatic rings. The standard InChI is InChI=1S/C15H17NO4/c1-6-11(17)16-14(18)12-9(4)7(2)8(3)10(5)13(12)20-15(16)19/h6H2,1-5H3. The Morgan fingerprint density at radius 2 is 1.55 bits per heavy atom. The van der Waals surface area contributed by atoms with Gasteiger partial charge in [-0.25, -0.2) is 4.79 Å². The number of carbonyl (C=O) groups excluding carboxylic acids is 1.